The highest BCUT2D eigenvalue weighted by atomic mass is 16.5. The molecular weight excluding hydrogens is 468 g/mol. The average molecular weight is 507 g/mol. The number of aryl methyl sites for hydroxylation is 1. The van der Waals surface area contributed by atoms with Gasteiger partial charge < -0.3 is 19.7 Å². The lowest BCUT2D eigenvalue weighted by molar-refractivity contribution is -0.151. The van der Waals surface area contributed by atoms with Crippen LogP contribution in [-0.2, 0) is 14.3 Å². The summed E-state index contributed by atoms with van der Waals surface area (Å²) in [5.41, 5.74) is 3.46. The van der Waals surface area contributed by atoms with E-state index in [-0.39, 0.29) is 29.6 Å². The smallest absolute Gasteiger partial charge is 0.308 e. The van der Waals surface area contributed by atoms with Gasteiger partial charge in [0.05, 0.1) is 19.6 Å². The van der Waals surface area contributed by atoms with E-state index in [1.54, 1.807) is 19.2 Å². The van der Waals surface area contributed by atoms with Gasteiger partial charge in [0, 0.05) is 30.3 Å². The van der Waals surface area contributed by atoms with Gasteiger partial charge in [-0.3, -0.25) is 14.4 Å². The quantitative estimate of drug-likeness (QED) is 0.513. The maximum atomic E-state index is 13.2. The molecule has 7 heteroatoms. The van der Waals surface area contributed by atoms with Crippen LogP contribution in [0.4, 0.5) is 5.69 Å². The predicted octanol–water partition coefficient (Wildman–Crippen LogP) is 5.33. The van der Waals surface area contributed by atoms with Crippen molar-refractivity contribution in [2.45, 2.75) is 58.3 Å². The minimum atomic E-state index is -0.155. The topological polar surface area (TPSA) is 84.9 Å². The Balaban J connectivity index is 1.28. The van der Waals surface area contributed by atoms with Gasteiger partial charge in [-0.1, -0.05) is 18.6 Å². The van der Waals surface area contributed by atoms with Crippen LogP contribution in [0.15, 0.2) is 42.5 Å². The molecule has 2 aromatic rings. The maximum absolute atomic E-state index is 13.2. The molecule has 1 aliphatic carbocycles. The number of hydrogen-bond donors (Lipinski definition) is 1. The van der Waals surface area contributed by atoms with Crippen molar-refractivity contribution in [3.8, 4) is 5.75 Å². The molecule has 0 radical (unpaired) electrons. The Morgan fingerprint density at radius 1 is 0.973 bits per heavy atom. The molecule has 0 bridgehead atoms. The number of methoxy groups -OCH3 is 1. The molecule has 198 valence electrons. The Labute approximate surface area is 219 Å². The molecule has 37 heavy (non-hydrogen) atoms. The number of rotatable bonds is 7. The van der Waals surface area contributed by atoms with Gasteiger partial charge in [0.15, 0.2) is 0 Å². The van der Waals surface area contributed by atoms with E-state index in [9.17, 15) is 14.4 Å². The van der Waals surface area contributed by atoms with Gasteiger partial charge in [-0.05, 0) is 93.3 Å². The first-order valence-corrected chi connectivity index (χ1v) is 13.4. The number of nitrogens with one attached hydrogen (secondary N) is 1. The molecular formula is C30H38N2O5. The third-order valence-corrected chi connectivity index (χ3v) is 7.77. The highest BCUT2D eigenvalue weighted by Crippen LogP contribution is 2.34. The minimum Gasteiger partial charge on any atom is -0.497 e. The summed E-state index contributed by atoms with van der Waals surface area (Å²) in [5.74, 6) is 0.788. The summed E-state index contributed by atoms with van der Waals surface area (Å²) in [5, 5.41) is 2.98. The normalized spacial score (nSPS) is 20.2. The molecule has 4 rings (SSSR count). The number of nitrogens with zero attached hydrogens (tertiary/aromatic N) is 1. The maximum Gasteiger partial charge on any atom is 0.308 e. The molecule has 0 aromatic heterocycles. The molecule has 7 nitrogen and oxygen atoms in total. The fraction of sp³-hybridized carbons (Fsp3) is 0.500. The second kappa shape index (κ2) is 12.3. The Bertz CT molecular complexity index is 1110. The van der Waals surface area contributed by atoms with E-state index in [1.165, 1.54) is 5.56 Å². The summed E-state index contributed by atoms with van der Waals surface area (Å²) in [7, 11) is 1.61. The lowest BCUT2D eigenvalue weighted by Gasteiger charge is -2.36. The first-order chi connectivity index (χ1) is 17.9. The molecule has 1 N–H and O–H groups in total. The largest absolute Gasteiger partial charge is 0.497 e. The van der Waals surface area contributed by atoms with Gasteiger partial charge in [-0.2, -0.15) is 0 Å². The Morgan fingerprint density at radius 3 is 2.32 bits per heavy atom. The second-order valence-electron chi connectivity index (χ2n) is 10.2. The van der Waals surface area contributed by atoms with E-state index in [0.717, 1.165) is 62.2 Å². The van der Waals surface area contributed by atoms with Gasteiger partial charge in [0.2, 0.25) is 5.91 Å². The van der Waals surface area contributed by atoms with E-state index in [0.29, 0.717) is 24.5 Å². The Hall–Kier alpha value is -3.35. The summed E-state index contributed by atoms with van der Waals surface area (Å²) >= 11 is 0. The molecule has 2 aliphatic rings. The first kappa shape index (κ1) is 26.7. The van der Waals surface area contributed by atoms with Crippen LogP contribution < -0.4 is 10.1 Å². The van der Waals surface area contributed by atoms with E-state index in [4.69, 9.17) is 9.47 Å². The number of ether oxygens (including phenoxy) is 2. The summed E-state index contributed by atoms with van der Waals surface area (Å²) in [6.07, 6.45) is 5.02. The molecule has 1 saturated carbocycles. The van der Waals surface area contributed by atoms with Crippen molar-refractivity contribution in [3.63, 3.8) is 0 Å². The van der Waals surface area contributed by atoms with Gasteiger partial charge in [0.25, 0.3) is 5.91 Å². The van der Waals surface area contributed by atoms with Crippen LogP contribution in [0, 0.1) is 18.8 Å². The molecule has 1 saturated heterocycles. The van der Waals surface area contributed by atoms with Crippen LogP contribution in [0.5, 0.6) is 5.75 Å². The third-order valence-electron chi connectivity index (χ3n) is 7.77. The fourth-order valence-corrected chi connectivity index (χ4v) is 5.63. The summed E-state index contributed by atoms with van der Waals surface area (Å²) < 4.78 is 10.4. The van der Waals surface area contributed by atoms with Crippen molar-refractivity contribution >= 4 is 23.5 Å². The number of carbonyl (C=O) groups is 3. The Kier molecular flexibility index (Phi) is 8.85. The zero-order valence-corrected chi connectivity index (χ0v) is 22.1. The number of carbonyl (C=O) groups excluding carboxylic acids is 3. The number of likely N-dealkylation sites (tertiary alicyclic amines) is 1. The zero-order chi connectivity index (χ0) is 26.4. The first-order valence-electron chi connectivity index (χ1n) is 13.4. The number of amides is 2. The SMILES string of the molecule is CCOC(=O)[C@@H]1CCC[C@H](C(=O)N2CCC(c3ccc(NC(=O)c4ccc(OC)cc4C)cc3)CC2)C1. The van der Waals surface area contributed by atoms with Crippen LogP contribution in [0.25, 0.3) is 0 Å². The summed E-state index contributed by atoms with van der Waals surface area (Å²) in [6, 6.07) is 13.4. The zero-order valence-electron chi connectivity index (χ0n) is 22.1. The van der Waals surface area contributed by atoms with E-state index < -0.39 is 0 Å². The van der Waals surface area contributed by atoms with Crippen molar-refractivity contribution < 1.29 is 23.9 Å². The van der Waals surface area contributed by atoms with Gasteiger partial charge in [-0.15, -0.1) is 0 Å². The number of piperidine rings is 1. The van der Waals surface area contributed by atoms with Gasteiger partial charge in [0.1, 0.15) is 5.75 Å². The van der Waals surface area contributed by atoms with E-state index >= 15 is 0 Å². The monoisotopic (exact) mass is 506 g/mol. The lowest BCUT2D eigenvalue weighted by Crippen LogP contribution is -2.43. The molecule has 2 aromatic carbocycles. The minimum absolute atomic E-state index is 0.0723. The fourth-order valence-electron chi connectivity index (χ4n) is 5.63. The molecule has 2 amide bonds. The molecule has 0 spiro atoms. The van der Waals surface area contributed by atoms with Crippen molar-refractivity contribution in [2.75, 3.05) is 32.1 Å². The van der Waals surface area contributed by atoms with Crippen LogP contribution in [0.2, 0.25) is 0 Å². The molecule has 1 aliphatic heterocycles. The summed E-state index contributed by atoms with van der Waals surface area (Å²) in [4.78, 5) is 40.0. The molecule has 2 fully saturated rings. The average Bonchev–Trinajstić information content (AvgIpc) is 2.93. The predicted molar refractivity (Wildman–Crippen MR) is 143 cm³/mol. The van der Waals surface area contributed by atoms with Crippen molar-refractivity contribution in [3.05, 3.63) is 59.2 Å². The number of anilines is 1. The molecule has 1 heterocycles. The third kappa shape index (κ3) is 6.51. The van der Waals surface area contributed by atoms with Gasteiger partial charge >= 0.3 is 5.97 Å². The molecule has 0 unspecified atom stereocenters. The van der Waals surface area contributed by atoms with Gasteiger partial charge in [-0.25, -0.2) is 0 Å². The highest BCUT2D eigenvalue weighted by molar-refractivity contribution is 6.05. The molecule has 2 atom stereocenters. The number of hydrogen-bond acceptors (Lipinski definition) is 5. The van der Waals surface area contributed by atoms with Crippen molar-refractivity contribution in [1.29, 1.82) is 0 Å². The second-order valence-corrected chi connectivity index (χ2v) is 10.2. The highest BCUT2D eigenvalue weighted by Gasteiger charge is 2.35. The van der Waals surface area contributed by atoms with Crippen LogP contribution >= 0.6 is 0 Å². The number of esters is 1. The van der Waals surface area contributed by atoms with Crippen molar-refractivity contribution in [1.82, 2.24) is 4.90 Å². The Morgan fingerprint density at radius 2 is 1.68 bits per heavy atom. The van der Waals surface area contributed by atoms with Crippen molar-refractivity contribution in [2.24, 2.45) is 11.8 Å². The van der Waals surface area contributed by atoms with Crippen LogP contribution in [0.1, 0.15) is 72.9 Å². The van der Waals surface area contributed by atoms with Crippen LogP contribution in [-0.4, -0.2) is 49.5 Å². The van der Waals surface area contributed by atoms with E-state index in [2.05, 4.69) is 17.4 Å². The standard InChI is InChI=1S/C30H38N2O5/c1-4-37-30(35)24-7-5-6-23(19-24)29(34)32-16-14-22(15-17-32)21-8-10-25(11-9-21)31-28(33)27-13-12-26(36-3)18-20(27)2/h8-13,18,22-24H,4-7,14-17,19H2,1-3H3,(H,31,33)/t23-,24+/m0/s1. The van der Waals surface area contributed by atoms with Crippen LogP contribution in [0.3, 0.4) is 0 Å². The number of benzene rings is 2. The van der Waals surface area contributed by atoms with E-state index in [1.807, 2.05) is 36.9 Å². The summed E-state index contributed by atoms with van der Waals surface area (Å²) in [6.45, 7) is 5.57. The lowest BCUT2D eigenvalue weighted by atomic mass is 9.80.